The molecule has 2 rings (SSSR count). The van der Waals surface area contributed by atoms with Gasteiger partial charge >= 0.3 is 0 Å². The number of aliphatic hydroxyl groups is 1. The first-order chi connectivity index (χ1) is 9.47. The maximum Gasteiger partial charge on any atom is 0.0929 e. The van der Waals surface area contributed by atoms with Crippen molar-refractivity contribution in [2.45, 2.75) is 65.4 Å². The lowest BCUT2D eigenvalue weighted by Gasteiger charge is -2.45. The van der Waals surface area contributed by atoms with Crippen molar-refractivity contribution in [1.29, 1.82) is 0 Å². The van der Waals surface area contributed by atoms with Crippen molar-refractivity contribution in [3.63, 3.8) is 0 Å². The van der Waals surface area contributed by atoms with Crippen LogP contribution >= 0.6 is 0 Å². The molecule has 1 aliphatic rings. The van der Waals surface area contributed by atoms with Gasteiger partial charge < -0.3 is 5.11 Å². The zero-order valence-corrected chi connectivity index (χ0v) is 13.5. The van der Waals surface area contributed by atoms with Gasteiger partial charge in [-0.05, 0) is 48.1 Å². The fourth-order valence-electron chi connectivity index (χ4n) is 3.99. The smallest absolute Gasteiger partial charge is 0.0929 e. The Balaban J connectivity index is 2.36. The van der Waals surface area contributed by atoms with Crippen molar-refractivity contribution in [3.8, 4) is 0 Å². The molecule has 1 N–H and O–H groups in total. The normalized spacial score (nSPS) is 30.7. The molecular weight excluding hydrogens is 244 g/mol. The lowest BCUT2D eigenvalue weighted by atomic mass is 9.64. The first kappa shape index (κ1) is 15.6. The van der Waals surface area contributed by atoms with Gasteiger partial charge in [0.15, 0.2) is 0 Å². The second-order valence-electron chi connectivity index (χ2n) is 7.11. The van der Waals surface area contributed by atoms with Crippen LogP contribution in [0.5, 0.6) is 0 Å². The quantitative estimate of drug-likeness (QED) is 0.826. The van der Waals surface area contributed by atoms with E-state index in [0.717, 1.165) is 31.2 Å². The summed E-state index contributed by atoms with van der Waals surface area (Å²) < 4.78 is 0. The highest BCUT2D eigenvalue weighted by atomic mass is 16.3. The van der Waals surface area contributed by atoms with E-state index in [0.29, 0.717) is 17.8 Å². The van der Waals surface area contributed by atoms with Gasteiger partial charge in [0.2, 0.25) is 0 Å². The van der Waals surface area contributed by atoms with Crippen molar-refractivity contribution in [2.24, 2.45) is 17.8 Å². The minimum Gasteiger partial charge on any atom is -0.385 e. The van der Waals surface area contributed by atoms with Gasteiger partial charge in [-0.2, -0.15) is 0 Å². The summed E-state index contributed by atoms with van der Waals surface area (Å²) in [4.78, 5) is 0. The third-order valence-electron chi connectivity index (χ3n) is 5.01. The van der Waals surface area contributed by atoms with Crippen molar-refractivity contribution >= 4 is 0 Å². The van der Waals surface area contributed by atoms with E-state index in [9.17, 15) is 5.11 Å². The Morgan fingerprint density at radius 3 is 2.70 bits per heavy atom. The first-order valence-corrected chi connectivity index (χ1v) is 8.29. The van der Waals surface area contributed by atoms with E-state index in [-0.39, 0.29) is 0 Å². The van der Waals surface area contributed by atoms with E-state index < -0.39 is 5.60 Å². The van der Waals surface area contributed by atoms with Gasteiger partial charge in [0, 0.05) is 0 Å². The van der Waals surface area contributed by atoms with Gasteiger partial charge in [0.1, 0.15) is 0 Å². The Labute approximate surface area is 124 Å². The molecule has 1 nitrogen and oxygen atoms in total. The maximum atomic E-state index is 11.4. The molecule has 112 valence electrons. The first-order valence-electron chi connectivity index (χ1n) is 8.29. The van der Waals surface area contributed by atoms with E-state index >= 15 is 0 Å². The predicted molar refractivity (Wildman–Crippen MR) is 85.7 cm³/mol. The van der Waals surface area contributed by atoms with E-state index in [1.807, 2.05) is 0 Å². The minimum atomic E-state index is -0.629. The summed E-state index contributed by atoms with van der Waals surface area (Å²) in [5.74, 6) is 1.53. The Morgan fingerprint density at radius 1 is 1.30 bits per heavy atom. The summed E-state index contributed by atoms with van der Waals surface area (Å²) in [5.41, 5.74) is 1.88. The number of benzene rings is 1. The number of aryl methyl sites for hydroxylation is 1. The molecule has 1 aromatic rings. The molecular formula is C19H30O. The maximum absolute atomic E-state index is 11.4. The fraction of sp³-hybridized carbons (Fsp3) is 0.684. The molecule has 1 saturated carbocycles. The largest absolute Gasteiger partial charge is 0.385 e. The van der Waals surface area contributed by atoms with Crippen molar-refractivity contribution in [3.05, 3.63) is 35.4 Å². The molecule has 1 fully saturated rings. The van der Waals surface area contributed by atoms with Gasteiger partial charge in [-0.3, -0.25) is 0 Å². The van der Waals surface area contributed by atoms with E-state index in [1.165, 1.54) is 12.0 Å². The molecule has 0 spiro atoms. The fourth-order valence-corrected chi connectivity index (χ4v) is 3.99. The lowest BCUT2D eigenvalue weighted by Crippen LogP contribution is -2.43. The van der Waals surface area contributed by atoms with E-state index in [1.54, 1.807) is 0 Å². The molecule has 0 heterocycles. The van der Waals surface area contributed by atoms with Crippen LogP contribution in [0.25, 0.3) is 0 Å². The SMILES string of the molecule is CCCc1cccc(C2(O)CC(C)CCC2C(C)C)c1. The van der Waals surface area contributed by atoms with Crippen LogP contribution in [0.3, 0.4) is 0 Å². The molecule has 3 unspecified atom stereocenters. The summed E-state index contributed by atoms with van der Waals surface area (Å²) in [6, 6.07) is 8.69. The Morgan fingerprint density at radius 2 is 2.05 bits per heavy atom. The van der Waals surface area contributed by atoms with Gasteiger partial charge in [-0.25, -0.2) is 0 Å². The number of hydrogen-bond acceptors (Lipinski definition) is 1. The van der Waals surface area contributed by atoms with Crippen molar-refractivity contribution in [2.75, 3.05) is 0 Å². The monoisotopic (exact) mass is 274 g/mol. The third-order valence-corrected chi connectivity index (χ3v) is 5.01. The molecule has 0 amide bonds. The topological polar surface area (TPSA) is 20.2 Å². The Bertz CT molecular complexity index is 437. The highest BCUT2D eigenvalue weighted by Gasteiger charge is 2.43. The molecule has 0 aliphatic heterocycles. The number of rotatable bonds is 4. The summed E-state index contributed by atoms with van der Waals surface area (Å²) in [6.07, 6.45) is 5.57. The predicted octanol–water partition coefficient (Wildman–Crippen LogP) is 4.92. The molecule has 1 aromatic carbocycles. The highest BCUT2D eigenvalue weighted by Crippen LogP contribution is 2.47. The second kappa shape index (κ2) is 6.30. The molecule has 3 atom stereocenters. The standard InChI is InChI=1S/C19H30O/c1-5-7-16-8-6-9-17(12-16)19(20)13-15(4)10-11-18(19)14(2)3/h6,8-9,12,14-15,18,20H,5,7,10-11,13H2,1-4H3. The van der Waals surface area contributed by atoms with Gasteiger partial charge in [-0.15, -0.1) is 0 Å². The van der Waals surface area contributed by atoms with Crippen LogP contribution in [0.1, 0.15) is 64.5 Å². The van der Waals surface area contributed by atoms with Gasteiger partial charge in [0.05, 0.1) is 5.60 Å². The van der Waals surface area contributed by atoms with E-state index in [2.05, 4.69) is 52.0 Å². The van der Waals surface area contributed by atoms with E-state index in [4.69, 9.17) is 0 Å². The zero-order valence-electron chi connectivity index (χ0n) is 13.5. The second-order valence-corrected chi connectivity index (χ2v) is 7.11. The van der Waals surface area contributed by atoms with Gasteiger partial charge in [-0.1, -0.05) is 64.8 Å². The van der Waals surface area contributed by atoms with Crippen LogP contribution in [-0.4, -0.2) is 5.11 Å². The Kier molecular flexibility index (Phi) is 4.90. The molecule has 0 aromatic heterocycles. The zero-order chi connectivity index (χ0) is 14.8. The molecule has 20 heavy (non-hydrogen) atoms. The Hall–Kier alpha value is -0.820. The van der Waals surface area contributed by atoms with Crippen LogP contribution < -0.4 is 0 Å². The average molecular weight is 274 g/mol. The lowest BCUT2D eigenvalue weighted by molar-refractivity contribution is -0.0866. The summed E-state index contributed by atoms with van der Waals surface area (Å²) in [5, 5.41) is 11.4. The molecule has 1 aliphatic carbocycles. The van der Waals surface area contributed by atoms with Crippen LogP contribution in [-0.2, 0) is 12.0 Å². The van der Waals surface area contributed by atoms with Crippen molar-refractivity contribution < 1.29 is 5.11 Å². The number of hydrogen-bond donors (Lipinski definition) is 1. The van der Waals surface area contributed by atoms with Gasteiger partial charge in [0.25, 0.3) is 0 Å². The van der Waals surface area contributed by atoms with Crippen LogP contribution in [0.15, 0.2) is 24.3 Å². The summed E-state index contributed by atoms with van der Waals surface area (Å²) >= 11 is 0. The summed E-state index contributed by atoms with van der Waals surface area (Å²) in [7, 11) is 0. The molecule has 0 bridgehead atoms. The average Bonchev–Trinajstić information content (AvgIpc) is 2.39. The molecule has 0 saturated heterocycles. The van der Waals surface area contributed by atoms with Crippen molar-refractivity contribution in [1.82, 2.24) is 0 Å². The van der Waals surface area contributed by atoms with Crippen LogP contribution in [0.4, 0.5) is 0 Å². The minimum absolute atomic E-state index is 0.385. The van der Waals surface area contributed by atoms with Crippen LogP contribution in [0.2, 0.25) is 0 Å². The third kappa shape index (κ3) is 3.09. The molecule has 1 heteroatoms. The molecule has 0 radical (unpaired) electrons. The van der Waals surface area contributed by atoms with Crippen LogP contribution in [0, 0.1) is 17.8 Å². The summed E-state index contributed by atoms with van der Waals surface area (Å²) in [6.45, 7) is 8.99. The highest BCUT2D eigenvalue weighted by molar-refractivity contribution is 5.30.